The van der Waals surface area contributed by atoms with E-state index in [1.165, 1.54) is 15.7 Å². The number of fused-ring (bicyclic) bond motifs is 1. The van der Waals surface area contributed by atoms with Crippen molar-refractivity contribution in [1.29, 1.82) is 0 Å². The number of aromatic nitrogens is 4. The van der Waals surface area contributed by atoms with Gasteiger partial charge in [0, 0.05) is 18.4 Å². The van der Waals surface area contributed by atoms with Crippen LogP contribution in [0.2, 0.25) is 0 Å². The summed E-state index contributed by atoms with van der Waals surface area (Å²) in [4.78, 5) is 46.6. The summed E-state index contributed by atoms with van der Waals surface area (Å²) in [5.41, 5.74) is 6.42. The maximum absolute atomic E-state index is 13.6. The lowest BCUT2D eigenvalue weighted by Crippen LogP contribution is -2.41. The number of imidazole rings is 1. The highest BCUT2D eigenvalue weighted by atomic mass is 16.3. The van der Waals surface area contributed by atoms with E-state index < -0.39 is 17.2 Å². The van der Waals surface area contributed by atoms with Gasteiger partial charge in [0.2, 0.25) is 0 Å². The molecule has 32 heavy (non-hydrogen) atoms. The van der Waals surface area contributed by atoms with Crippen LogP contribution in [0.15, 0.2) is 56.8 Å². The van der Waals surface area contributed by atoms with Crippen LogP contribution >= 0.6 is 0 Å². The molecule has 0 fully saturated rings. The molecular weight excluding hydrogens is 412 g/mol. The van der Waals surface area contributed by atoms with Crippen molar-refractivity contribution in [2.75, 3.05) is 10.6 Å². The molecule has 3 N–H and O–H groups in total. The number of unbranched alkanes of at least 4 members (excludes halogenated alkanes) is 1. The van der Waals surface area contributed by atoms with Gasteiger partial charge in [-0.3, -0.25) is 24.0 Å². The van der Waals surface area contributed by atoms with Crippen molar-refractivity contribution >= 4 is 23.1 Å². The highest BCUT2D eigenvalue weighted by Crippen LogP contribution is 2.23. The average Bonchev–Trinajstić information content (AvgIpc) is 3.42. The number of amides is 1. The number of hydrogen-bond donors (Lipinski definition) is 2. The molecular formula is C22H24N6O4. The molecule has 0 saturated carbocycles. The summed E-state index contributed by atoms with van der Waals surface area (Å²) in [7, 11) is 0. The fourth-order valence-electron chi connectivity index (χ4n) is 3.58. The number of carbonyl (C=O) groups is 1. The van der Waals surface area contributed by atoms with Crippen LogP contribution in [0.4, 0.5) is 11.5 Å². The van der Waals surface area contributed by atoms with Gasteiger partial charge in [-0.2, -0.15) is 0 Å². The first-order valence-corrected chi connectivity index (χ1v) is 10.3. The molecule has 10 heteroatoms. The minimum absolute atomic E-state index is 0.0576. The third kappa shape index (κ3) is 3.82. The molecule has 4 heterocycles. The van der Waals surface area contributed by atoms with Crippen LogP contribution in [0.5, 0.6) is 0 Å². The molecule has 4 rings (SSSR count). The van der Waals surface area contributed by atoms with Gasteiger partial charge in [-0.25, -0.2) is 9.78 Å². The number of aromatic amines is 1. The summed E-state index contributed by atoms with van der Waals surface area (Å²) >= 11 is 0. The molecule has 0 aromatic carbocycles. The summed E-state index contributed by atoms with van der Waals surface area (Å²) in [6, 6.07) is 8.90. The molecule has 0 radical (unpaired) electrons. The minimum atomic E-state index is -0.750. The molecule has 0 saturated heterocycles. The number of nitrogens with zero attached hydrogens (tertiary/aromatic N) is 4. The van der Waals surface area contributed by atoms with Gasteiger partial charge in [0.25, 0.3) is 11.5 Å². The van der Waals surface area contributed by atoms with E-state index in [0.717, 1.165) is 12.1 Å². The van der Waals surface area contributed by atoms with Gasteiger partial charge in [-0.15, -0.1) is 0 Å². The van der Waals surface area contributed by atoms with Crippen molar-refractivity contribution in [2.45, 2.75) is 39.8 Å². The van der Waals surface area contributed by atoms with E-state index in [9.17, 15) is 14.4 Å². The van der Waals surface area contributed by atoms with Crippen LogP contribution in [-0.2, 0) is 13.1 Å². The third-order valence-electron chi connectivity index (χ3n) is 5.27. The lowest BCUT2D eigenvalue weighted by atomic mass is 10.2. The molecule has 0 aliphatic heterocycles. The number of rotatable bonds is 7. The zero-order valence-corrected chi connectivity index (χ0v) is 17.9. The first kappa shape index (κ1) is 21.2. The van der Waals surface area contributed by atoms with Gasteiger partial charge in [0.15, 0.2) is 5.69 Å². The van der Waals surface area contributed by atoms with Crippen LogP contribution in [-0.4, -0.2) is 24.8 Å². The first-order chi connectivity index (χ1) is 15.4. The summed E-state index contributed by atoms with van der Waals surface area (Å²) in [6.45, 7) is 4.14. The maximum Gasteiger partial charge on any atom is 0.330 e. The second kappa shape index (κ2) is 8.58. The highest BCUT2D eigenvalue weighted by molar-refractivity contribution is 6.06. The minimum Gasteiger partial charge on any atom is -0.467 e. The molecule has 1 amide bonds. The van der Waals surface area contributed by atoms with Crippen LogP contribution in [0.3, 0.4) is 0 Å². The predicted octanol–water partition coefficient (Wildman–Crippen LogP) is 2.32. The van der Waals surface area contributed by atoms with Crippen molar-refractivity contribution in [3.05, 3.63) is 80.8 Å². The average molecular weight is 436 g/mol. The normalized spacial score (nSPS) is 11.2. The van der Waals surface area contributed by atoms with Gasteiger partial charge in [0.1, 0.15) is 22.9 Å². The second-order valence-electron chi connectivity index (χ2n) is 7.49. The molecule has 4 aromatic heterocycles. The Morgan fingerprint density at radius 2 is 2.06 bits per heavy atom. The molecule has 10 nitrogen and oxygen atoms in total. The Hall–Kier alpha value is -4.08. The number of pyridine rings is 1. The smallest absolute Gasteiger partial charge is 0.330 e. The number of aryl methyl sites for hydroxylation is 1. The zero-order chi connectivity index (χ0) is 22.8. The predicted molar refractivity (Wildman–Crippen MR) is 120 cm³/mol. The number of nitrogens with two attached hydrogens (primary N) is 1. The maximum atomic E-state index is 13.6. The standard InChI is InChI=1S/C22H24N6O4/c1-3-4-10-26-19(23)18(20(29)25-22(26)31)28(12-15-8-6-11-32-15)21(30)16-13-27-14(2)7-5-9-17(27)24-16/h5-9,11,13H,3-4,10,12,23H2,1-2H3,(H,25,29,31). The number of hydrogen-bond acceptors (Lipinski definition) is 6. The van der Waals surface area contributed by atoms with Crippen molar-refractivity contribution in [2.24, 2.45) is 0 Å². The van der Waals surface area contributed by atoms with E-state index in [0.29, 0.717) is 24.4 Å². The number of nitrogen functional groups attached to an aromatic ring is 1. The lowest BCUT2D eigenvalue weighted by molar-refractivity contribution is 0.0978. The van der Waals surface area contributed by atoms with Crippen LogP contribution < -0.4 is 21.9 Å². The SMILES string of the molecule is CCCCn1c(N)c(N(Cc2ccco2)C(=O)c2cn3c(C)cccc3n2)c(=O)[nH]c1=O. The molecule has 0 spiro atoms. The van der Waals surface area contributed by atoms with E-state index in [2.05, 4.69) is 9.97 Å². The van der Waals surface area contributed by atoms with Crippen molar-refractivity contribution in [3.63, 3.8) is 0 Å². The van der Waals surface area contributed by atoms with Gasteiger partial charge in [-0.05, 0) is 37.6 Å². The van der Waals surface area contributed by atoms with E-state index in [-0.39, 0.29) is 23.7 Å². The van der Waals surface area contributed by atoms with Gasteiger partial charge >= 0.3 is 5.69 Å². The Kier molecular flexibility index (Phi) is 5.67. The van der Waals surface area contributed by atoms with Crippen molar-refractivity contribution in [3.8, 4) is 0 Å². The monoisotopic (exact) mass is 436 g/mol. The molecule has 0 unspecified atom stereocenters. The van der Waals surface area contributed by atoms with Crippen molar-refractivity contribution in [1.82, 2.24) is 18.9 Å². The molecule has 0 aliphatic carbocycles. The van der Waals surface area contributed by atoms with Gasteiger partial charge < -0.3 is 14.6 Å². The van der Waals surface area contributed by atoms with Crippen molar-refractivity contribution < 1.29 is 9.21 Å². The molecule has 166 valence electrons. The number of furan rings is 1. The van der Waals surface area contributed by atoms with E-state index in [1.54, 1.807) is 28.8 Å². The number of H-pyrrole nitrogens is 1. The van der Waals surface area contributed by atoms with Crippen LogP contribution in [0, 0.1) is 6.92 Å². The Balaban J connectivity index is 1.86. The fourth-order valence-corrected chi connectivity index (χ4v) is 3.58. The van der Waals surface area contributed by atoms with Gasteiger partial charge in [0.05, 0.1) is 12.8 Å². The van der Waals surface area contributed by atoms with E-state index in [1.807, 2.05) is 26.0 Å². The summed E-state index contributed by atoms with van der Waals surface area (Å²) in [5, 5.41) is 0. The van der Waals surface area contributed by atoms with E-state index >= 15 is 0 Å². The van der Waals surface area contributed by atoms with E-state index in [4.69, 9.17) is 10.2 Å². The number of carbonyl (C=O) groups excluding carboxylic acids is 1. The summed E-state index contributed by atoms with van der Waals surface area (Å²) in [5.74, 6) is -0.169. The first-order valence-electron chi connectivity index (χ1n) is 10.3. The Morgan fingerprint density at radius 3 is 2.75 bits per heavy atom. The summed E-state index contributed by atoms with van der Waals surface area (Å²) in [6.07, 6.45) is 4.60. The number of nitrogens with one attached hydrogen (secondary N) is 1. The Morgan fingerprint density at radius 1 is 1.25 bits per heavy atom. The lowest BCUT2D eigenvalue weighted by Gasteiger charge is -2.23. The topological polar surface area (TPSA) is 132 Å². The number of anilines is 2. The third-order valence-corrected chi connectivity index (χ3v) is 5.27. The molecule has 0 aliphatic rings. The largest absolute Gasteiger partial charge is 0.467 e. The highest BCUT2D eigenvalue weighted by Gasteiger charge is 2.28. The van der Waals surface area contributed by atoms with Crippen LogP contribution in [0.25, 0.3) is 5.65 Å². The molecule has 0 bridgehead atoms. The summed E-state index contributed by atoms with van der Waals surface area (Å²) < 4.78 is 8.47. The molecule has 4 aromatic rings. The fraction of sp³-hybridized carbons (Fsp3) is 0.273. The van der Waals surface area contributed by atoms with Crippen LogP contribution in [0.1, 0.15) is 41.7 Å². The van der Waals surface area contributed by atoms with Gasteiger partial charge in [-0.1, -0.05) is 19.4 Å². The molecule has 0 atom stereocenters. The zero-order valence-electron chi connectivity index (χ0n) is 17.9. The second-order valence-corrected chi connectivity index (χ2v) is 7.49. The quantitative estimate of drug-likeness (QED) is 0.457. The Bertz CT molecular complexity index is 1380. The Labute approximate surface area is 182 Å².